The maximum Gasteiger partial charge on any atom is 0.186 e. The van der Waals surface area contributed by atoms with Crippen LogP contribution in [0.4, 0.5) is 4.39 Å². The van der Waals surface area contributed by atoms with Crippen LogP contribution in [-0.2, 0) is 0 Å². The standard InChI is InChI=1S/C25H25FN2O3/c1-3-31-23-9-5-8-20(24(23)29)22-15-21(17-6-4-7-19(14-17)30-2)27-25(28-22)16-10-12-18(26)13-11-16/h4-15,22,25,27-29H,3H2,1-2H3/p+1. The highest BCUT2D eigenvalue weighted by Gasteiger charge is 2.30. The molecule has 3 aromatic rings. The Kier molecular flexibility index (Phi) is 6.09. The summed E-state index contributed by atoms with van der Waals surface area (Å²) in [6, 6.07) is 19.6. The van der Waals surface area contributed by atoms with E-state index in [1.165, 1.54) is 12.1 Å². The molecular weight excluding hydrogens is 395 g/mol. The molecule has 0 aliphatic carbocycles. The molecule has 0 saturated heterocycles. The molecule has 31 heavy (non-hydrogen) atoms. The summed E-state index contributed by atoms with van der Waals surface area (Å²) in [5, 5.41) is 16.5. The molecule has 2 unspecified atom stereocenters. The van der Waals surface area contributed by atoms with Crippen LogP contribution in [0.2, 0.25) is 0 Å². The number of phenolic OH excluding ortho intramolecular Hbond substituents is 1. The van der Waals surface area contributed by atoms with Crippen LogP contribution in [0.3, 0.4) is 0 Å². The molecule has 1 heterocycles. The number of rotatable bonds is 6. The number of aromatic hydroxyl groups is 1. The van der Waals surface area contributed by atoms with Crippen molar-refractivity contribution in [3.8, 4) is 17.2 Å². The van der Waals surface area contributed by atoms with Crippen molar-refractivity contribution in [3.05, 3.63) is 95.3 Å². The molecule has 1 aliphatic rings. The molecule has 5 nitrogen and oxygen atoms in total. The predicted molar refractivity (Wildman–Crippen MR) is 117 cm³/mol. The number of hydrogen-bond donors (Lipinski definition) is 3. The molecule has 160 valence electrons. The first-order valence-electron chi connectivity index (χ1n) is 10.3. The highest BCUT2D eigenvalue weighted by molar-refractivity contribution is 5.67. The number of methoxy groups -OCH3 is 1. The quantitative estimate of drug-likeness (QED) is 0.565. The molecule has 3 aromatic carbocycles. The molecule has 6 heteroatoms. The minimum absolute atomic E-state index is 0.131. The number of quaternary nitrogens is 1. The van der Waals surface area contributed by atoms with Crippen molar-refractivity contribution in [2.24, 2.45) is 0 Å². The van der Waals surface area contributed by atoms with E-state index in [0.29, 0.717) is 12.4 Å². The third-order valence-corrected chi connectivity index (χ3v) is 5.36. The van der Waals surface area contributed by atoms with Gasteiger partial charge in [0.1, 0.15) is 17.6 Å². The average Bonchev–Trinajstić information content (AvgIpc) is 2.81. The van der Waals surface area contributed by atoms with Gasteiger partial charge in [-0.15, -0.1) is 0 Å². The van der Waals surface area contributed by atoms with Gasteiger partial charge in [-0.1, -0.05) is 18.2 Å². The number of halogens is 1. The van der Waals surface area contributed by atoms with E-state index in [1.54, 1.807) is 25.3 Å². The lowest BCUT2D eigenvalue weighted by Gasteiger charge is -2.30. The van der Waals surface area contributed by atoms with E-state index < -0.39 is 0 Å². The van der Waals surface area contributed by atoms with E-state index in [4.69, 9.17) is 9.47 Å². The summed E-state index contributed by atoms with van der Waals surface area (Å²) in [7, 11) is 1.64. The van der Waals surface area contributed by atoms with Crippen molar-refractivity contribution in [2.45, 2.75) is 19.1 Å². The Bertz CT molecular complexity index is 1080. The second kappa shape index (κ2) is 9.10. The smallest absolute Gasteiger partial charge is 0.186 e. The molecule has 0 radical (unpaired) electrons. The van der Waals surface area contributed by atoms with Gasteiger partial charge in [0, 0.05) is 22.9 Å². The number of ether oxygens (including phenoxy) is 2. The minimum atomic E-state index is -0.276. The molecule has 2 atom stereocenters. The zero-order valence-electron chi connectivity index (χ0n) is 17.5. The van der Waals surface area contributed by atoms with Gasteiger partial charge in [0.05, 0.1) is 19.3 Å². The second-order valence-corrected chi connectivity index (χ2v) is 7.33. The lowest BCUT2D eigenvalue weighted by atomic mass is 9.97. The van der Waals surface area contributed by atoms with Crippen molar-refractivity contribution in [3.63, 3.8) is 0 Å². The maximum absolute atomic E-state index is 13.5. The summed E-state index contributed by atoms with van der Waals surface area (Å²) in [5.74, 6) is 1.07. The van der Waals surface area contributed by atoms with Crippen molar-refractivity contribution in [1.82, 2.24) is 5.32 Å². The van der Waals surface area contributed by atoms with Gasteiger partial charge in [-0.05, 0) is 55.5 Å². The minimum Gasteiger partial charge on any atom is -0.504 e. The number of phenols is 1. The van der Waals surface area contributed by atoms with Gasteiger partial charge in [-0.2, -0.15) is 0 Å². The number of hydrogen-bond acceptors (Lipinski definition) is 4. The van der Waals surface area contributed by atoms with Gasteiger partial charge in [0.25, 0.3) is 0 Å². The van der Waals surface area contributed by atoms with Gasteiger partial charge < -0.3 is 25.2 Å². The third kappa shape index (κ3) is 4.49. The van der Waals surface area contributed by atoms with Crippen molar-refractivity contribution < 1.29 is 24.3 Å². The first kappa shape index (κ1) is 20.8. The van der Waals surface area contributed by atoms with E-state index in [0.717, 1.165) is 28.1 Å². The van der Waals surface area contributed by atoms with Crippen LogP contribution in [0.25, 0.3) is 5.70 Å². The Hall–Kier alpha value is -3.51. The number of nitrogens with one attached hydrogen (secondary N) is 1. The summed E-state index contributed by atoms with van der Waals surface area (Å²) < 4.78 is 24.4. The summed E-state index contributed by atoms with van der Waals surface area (Å²) in [5.41, 5.74) is 3.55. The third-order valence-electron chi connectivity index (χ3n) is 5.36. The summed E-state index contributed by atoms with van der Waals surface area (Å²) in [6.07, 6.45) is 1.89. The van der Waals surface area contributed by atoms with E-state index in [2.05, 4.69) is 16.7 Å². The van der Waals surface area contributed by atoms with Crippen LogP contribution in [0, 0.1) is 5.82 Å². The normalized spacial score (nSPS) is 18.1. The molecule has 0 saturated carbocycles. The Labute approximate surface area is 181 Å². The zero-order valence-corrected chi connectivity index (χ0v) is 17.5. The highest BCUT2D eigenvalue weighted by atomic mass is 19.1. The molecule has 0 fully saturated rings. The molecule has 4 N–H and O–H groups in total. The Morgan fingerprint density at radius 1 is 1.06 bits per heavy atom. The molecule has 0 amide bonds. The van der Waals surface area contributed by atoms with Crippen LogP contribution >= 0.6 is 0 Å². The fraction of sp³-hybridized carbons (Fsp3) is 0.200. The van der Waals surface area contributed by atoms with E-state index in [1.807, 2.05) is 43.3 Å². The highest BCUT2D eigenvalue weighted by Crippen LogP contribution is 2.35. The van der Waals surface area contributed by atoms with E-state index in [-0.39, 0.29) is 23.8 Å². The Morgan fingerprint density at radius 3 is 2.58 bits per heavy atom. The van der Waals surface area contributed by atoms with Gasteiger partial charge in [0.2, 0.25) is 0 Å². The first-order valence-corrected chi connectivity index (χ1v) is 10.3. The largest absolute Gasteiger partial charge is 0.504 e. The number of para-hydroxylation sites is 1. The fourth-order valence-electron chi connectivity index (χ4n) is 3.81. The maximum atomic E-state index is 13.5. The van der Waals surface area contributed by atoms with Gasteiger partial charge in [-0.3, -0.25) is 0 Å². The van der Waals surface area contributed by atoms with Crippen molar-refractivity contribution in [1.29, 1.82) is 0 Å². The monoisotopic (exact) mass is 421 g/mol. The zero-order chi connectivity index (χ0) is 21.8. The van der Waals surface area contributed by atoms with Crippen LogP contribution < -0.4 is 20.1 Å². The summed E-state index contributed by atoms with van der Waals surface area (Å²) in [4.78, 5) is 0. The summed E-state index contributed by atoms with van der Waals surface area (Å²) >= 11 is 0. The van der Waals surface area contributed by atoms with E-state index >= 15 is 0 Å². The Morgan fingerprint density at radius 2 is 1.84 bits per heavy atom. The van der Waals surface area contributed by atoms with Gasteiger partial charge in [-0.25, -0.2) is 4.39 Å². The van der Waals surface area contributed by atoms with E-state index in [9.17, 15) is 9.50 Å². The Balaban J connectivity index is 1.77. The molecule has 1 aliphatic heterocycles. The first-order chi connectivity index (χ1) is 15.1. The molecule has 0 aromatic heterocycles. The van der Waals surface area contributed by atoms with Crippen LogP contribution in [0.15, 0.2) is 72.8 Å². The summed E-state index contributed by atoms with van der Waals surface area (Å²) in [6.45, 7) is 2.35. The predicted octanol–water partition coefficient (Wildman–Crippen LogP) is 3.89. The molecule has 4 rings (SSSR count). The topological polar surface area (TPSA) is 67.3 Å². The van der Waals surface area contributed by atoms with Crippen LogP contribution in [-0.4, -0.2) is 18.8 Å². The molecule has 0 spiro atoms. The molecular formula is C25H26FN2O3+. The molecule has 0 bridgehead atoms. The van der Waals surface area contributed by atoms with Crippen molar-refractivity contribution in [2.75, 3.05) is 13.7 Å². The van der Waals surface area contributed by atoms with Crippen LogP contribution in [0.1, 0.15) is 35.8 Å². The fourth-order valence-corrected chi connectivity index (χ4v) is 3.81. The SMILES string of the molecule is CCOc1cccc(C2C=C(c3cccc(OC)c3)NC(c3ccc(F)cc3)[NH2+]2)c1O. The second-order valence-electron chi connectivity index (χ2n) is 7.33. The van der Waals surface area contributed by atoms with Crippen molar-refractivity contribution >= 4 is 5.70 Å². The van der Waals surface area contributed by atoms with Crippen LogP contribution in [0.5, 0.6) is 17.2 Å². The van der Waals surface area contributed by atoms with Gasteiger partial charge in [0.15, 0.2) is 17.7 Å². The lowest BCUT2D eigenvalue weighted by molar-refractivity contribution is -0.731. The van der Waals surface area contributed by atoms with Gasteiger partial charge >= 0.3 is 0 Å². The number of nitrogens with two attached hydrogens (primary N) is 1. The lowest BCUT2D eigenvalue weighted by Crippen LogP contribution is -2.89. The average molecular weight is 421 g/mol. The number of benzene rings is 3.